The van der Waals surface area contributed by atoms with Gasteiger partial charge in [-0.2, -0.15) is 0 Å². The van der Waals surface area contributed by atoms with Gasteiger partial charge in [0.1, 0.15) is 0 Å². The van der Waals surface area contributed by atoms with E-state index in [2.05, 4.69) is 5.32 Å². The molecule has 1 rings (SSSR count). The second-order valence-corrected chi connectivity index (χ2v) is 4.64. The van der Waals surface area contributed by atoms with Crippen LogP contribution in [0.4, 0.5) is 0 Å². The Bertz CT molecular complexity index is 278. The fourth-order valence-electron chi connectivity index (χ4n) is 1.99. The molecule has 1 fully saturated rings. The van der Waals surface area contributed by atoms with Crippen molar-refractivity contribution in [3.63, 3.8) is 0 Å². The van der Waals surface area contributed by atoms with Crippen molar-refractivity contribution < 1.29 is 14.7 Å². The maximum Gasteiger partial charge on any atom is 0.303 e. The van der Waals surface area contributed by atoms with Crippen LogP contribution in [0.3, 0.4) is 0 Å². The highest BCUT2D eigenvalue weighted by molar-refractivity contribution is 5.83. The van der Waals surface area contributed by atoms with Crippen molar-refractivity contribution in [2.24, 2.45) is 0 Å². The summed E-state index contributed by atoms with van der Waals surface area (Å²) in [5, 5.41) is 11.8. The molecule has 0 aliphatic carbocycles. The molecule has 0 radical (unpaired) electrons. The lowest BCUT2D eigenvalue weighted by Gasteiger charge is -2.39. The number of carbonyl (C=O) groups excluding carboxylic acids is 1. The van der Waals surface area contributed by atoms with E-state index < -0.39 is 5.97 Å². The van der Waals surface area contributed by atoms with Gasteiger partial charge in [-0.3, -0.25) is 9.59 Å². The number of nitrogens with zero attached hydrogens (tertiary/aromatic N) is 1. The number of rotatable bonds is 4. The molecule has 5 nitrogen and oxygen atoms in total. The number of hydrogen-bond donors (Lipinski definition) is 2. The molecule has 1 aliphatic rings. The third-order valence-corrected chi connectivity index (χ3v) is 2.81. The summed E-state index contributed by atoms with van der Waals surface area (Å²) in [7, 11) is 0. The van der Waals surface area contributed by atoms with Crippen LogP contribution in [-0.4, -0.2) is 46.6 Å². The summed E-state index contributed by atoms with van der Waals surface area (Å²) in [5.74, 6) is -0.835. The third kappa shape index (κ3) is 3.20. The van der Waals surface area contributed by atoms with Crippen LogP contribution < -0.4 is 5.32 Å². The van der Waals surface area contributed by atoms with Crippen molar-refractivity contribution in [1.82, 2.24) is 10.2 Å². The second kappa shape index (κ2) is 5.30. The van der Waals surface area contributed by atoms with Crippen molar-refractivity contribution in [2.75, 3.05) is 6.54 Å². The van der Waals surface area contributed by atoms with Gasteiger partial charge in [0, 0.05) is 25.0 Å². The quantitative estimate of drug-likeness (QED) is 0.733. The molecule has 0 bridgehead atoms. The Balaban J connectivity index is 2.62. The van der Waals surface area contributed by atoms with Crippen molar-refractivity contribution >= 4 is 11.9 Å². The minimum atomic E-state index is -0.857. The highest BCUT2D eigenvalue weighted by Gasteiger charge is 2.32. The number of carboxylic acid groups (broad SMARTS) is 1. The van der Waals surface area contributed by atoms with Crippen LogP contribution in [0.1, 0.15) is 33.6 Å². The van der Waals surface area contributed by atoms with E-state index in [1.165, 1.54) is 0 Å². The van der Waals surface area contributed by atoms with Gasteiger partial charge in [0.05, 0.1) is 6.04 Å². The maximum atomic E-state index is 12.0. The highest BCUT2D eigenvalue weighted by Crippen LogP contribution is 2.13. The molecule has 1 heterocycles. The van der Waals surface area contributed by atoms with Crippen molar-refractivity contribution in [2.45, 2.75) is 51.7 Å². The van der Waals surface area contributed by atoms with Gasteiger partial charge in [-0.05, 0) is 27.2 Å². The molecular formula is C11H20N2O3. The average Bonchev–Trinajstić information content (AvgIpc) is 2.18. The first kappa shape index (κ1) is 13.0. The molecule has 0 saturated carbocycles. The third-order valence-electron chi connectivity index (χ3n) is 2.81. The zero-order valence-electron chi connectivity index (χ0n) is 10.1. The van der Waals surface area contributed by atoms with Gasteiger partial charge < -0.3 is 15.3 Å². The topological polar surface area (TPSA) is 69.6 Å². The molecule has 0 aromatic carbocycles. The molecule has 2 unspecified atom stereocenters. The van der Waals surface area contributed by atoms with Crippen molar-refractivity contribution in [3.05, 3.63) is 0 Å². The predicted molar refractivity (Wildman–Crippen MR) is 60.1 cm³/mol. The molecule has 1 saturated heterocycles. The minimum absolute atomic E-state index is 0.0225. The summed E-state index contributed by atoms with van der Waals surface area (Å²) in [6, 6.07) is 0.0468. The summed E-state index contributed by atoms with van der Waals surface area (Å²) in [5.41, 5.74) is 0. The summed E-state index contributed by atoms with van der Waals surface area (Å²) < 4.78 is 0. The summed E-state index contributed by atoms with van der Waals surface area (Å²) >= 11 is 0. The number of amides is 1. The number of nitrogens with one attached hydrogen (secondary N) is 1. The maximum absolute atomic E-state index is 12.0. The fraction of sp³-hybridized carbons (Fsp3) is 0.818. The standard InChI is InChI=1S/C11H20N2O3/c1-7(2)13-6-8(3)12-9(11(13)16)4-5-10(14)15/h7-9,12H,4-6H2,1-3H3,(H,14,15). The molecule has 1 amide bonds. The molecule has 0 aromatic heterocycles. The summed E-state index contributed by atoms with van der Waals surface area (Å²) in [6.45, 7) is 6.66. The SMILES string of the molecule is CC1CN(C(C)C)C(=O)C(CCC(=O)O)N1. The van der Waals surface area contributed by atoms with Crippen molar-refractivity contribution in [1.29, 1.82) is 0 Å². The van der Waals surface area contributed by atoms with Gasteiger partial charge in [-0.15, -0.1) is 0 Å². The van der Waals surface area contributed by atoms with E-state index >= 15 is 0 Å². The van der Waals surface area contributed by atoms with Gasteiger partial charge in [0.2, 0.25) is 5.91 Å². The number of piperazine rings is 1. The largest absolute Gasteiger partial charge is 0.481 e. The summed E-state index contributed by atoms with van der Waals surface area (Å²) in [6.07, 6.45) is 0.393. The average molecular weight is 228 g/mol. The van der Waals surface area contributed by atoms with Crippen molar-refractivity contribution in [3.8, 4) is 0 Å². The monoisotopic (exact) mass is 228 g/mol. The zero-order valence-corrected chi connectivity index (χ0v) is 10.1. The molecule has 0 spiro atoms. The Morgan fingerprint density at radius 2 is 2.25 bits per heavy atom. The molecule has 16 heavy (non-hydrogen) atoms. The Kier molecular flexibility index (Phi) is 4.29. The van der Waals surface area contributed by atoms with Gasteiger partial charge in [0.15, 0.2) is 0 Å². The van der Waals surface area contributed by atoms with Gasteiger partial charge in [0.25, 0.3) is 0 Å². The molecule has 0 aromatic rings. The van der Waals surface area contributed by atoms with E-state index in [9.17, 15) is 9.59 Å². The molecule has 92 valence electrons. The van der Waals surface area contributed by atoms with Crippen LogP contribution >= 0.6 is 0 Å². The second-order valence-electron chi connectivity index (χ2n) is 4.64. The Morgan fingerprint density at radius 3 is 2.75 bits per heavy atom. The lowest BCUT2D eigenvalue weighted by molar-refractivity contribution is -0.140. The molecular weight excluding hydrogens is 208 g/mol. The molecule has 1 aliphatic heterocycles. The zero-order chi connectivity index (χ0) is 12.3. The van der Waals surface area contributed by atoms with Gasteiger partial charge in [-0.1, -0.05) is 0 Å². The van der Waals surface area contributed by atoms with E-state index in [0.717, 1.165) is 0 Å². The van der Waals surface area contributed by atoms with E-state index in [1.807, 2.05) is 25.7 Å². The van der Waals surface area contributed by atoms with E-state index in [1.54, 1.807) is 0 Å². The van der Waals surface area contributed by atoms with E-state index in [-0.39, 0.29) is 30.5 Å². The van der Waals surface area contributed by atoms with Crippen LogP contribution in [-0.2, 0) is 9.59 Å². The van der Waals surface area contributed by atoms with Gasteiger partial charge in [-0.25, -0.2) is 0 Å². The Morgan fingerprint density at radius 1 is 1.62 bits per heavy atom. The number of carboxylic acids is 1. The van der Waals surface area contributed by atoms with E-state index in [0.29, 0.717) is 13.0 Å². The number of hydrogen-bond acceptors (Lipinski definition) is 3. The van der Waals surface area contributed by atoms with E-state index in [4.69, 9.17) is 5.11 Å². The van der Waals surface area contributed by atoms with Gasteiger partial charge >= 0.3 is 5.97 Å². The Labute approximate surface area is 95.8 Å². The normalized spacial score (nSPS) is 26.2. The minimum Gasteiger partial charge on any atom is -0.481 e. The highest BCUT2D eigenvalue weighted by atomic mass is 16.4. The smallest absolute Gasteiger partial charge is 0.303 e. The lowest BCUT2D eigenvalue weighted by Crippen LogP contribution is -2.60. The van der Waals surface area contributed by atoms with Crippen LogP contribution in [0.25, 0.3) is 0 Å². The van der Waals surface area contributed by atoms with Crippen LogP contribution in [0.15, 0.2) is 0 Å². The predicted octanol–water partition coefficient (Wildman–Crippen LogP) is 0.449. The number of aliphatic carboxylic acids is 1. The molecule has 2 atom stereocenters. The van der Waals surface area contributed by atoms with Crippen LogP contribution in [0.5, 0.6) is 0 Å². The Hall–Kier alpha value is -1.10. The van der Waals surface area contributed by atoms with Crippen LogP contribution in [0.2, 0.25) is 0 Å². The number of carbonyl (C=O) groups is 2. The summed E-state index contributed by atoms with van der Waals surface area (Å²) in [4.78, 5) is 24.3. The first-order valence-corrected chi connectivity index (χ1v) is 5.70. The first-order chi connectivity index (χ1) is 7.41. The first-order valence-electron chi connectivity index (χ1n) is 5.70. The lowest BCUT2D eigenvalue weighted by atomic mass is 10.0. The molecule has 5 heteroatoms. The molecule has 2 N–H and O–H groups in total. The fourth-order valence-corrected chi connectivity index (χ4v) is 1.99. The van der Waals surface area contributed by atoms with Crippen LogP contribution in [0, 0.1) is 0 Å².